The molecule has 0 bridgehead atoms. The number of hydrogen-bond acceptors (Lipinski definition) is 5. The third-order valence-corrected chi connectivity index (χ3v) is 4.32. The van der Waals surface area contributed by atoms with E-state index < -0.39 is 16.6 Å². The van der Waals surface area contributed by atoms with Crippen LogP contribution in [0.15, 0.2) is 30.5 Å². The smallest absolute Gasteiger partial charge is 0.358 e. The highest BCUT2D eigenvalue weighted by Gasteiger charge is 2.28. The minimum absolute atomic E-state index is 0. The Labute approximate surface area is 159 Å². The first-order valence-corrected chi connectivity index (χ1v) is 8.07. The zero-order valence-electron chi connectivity index (χ0n) is 14.1. The summed E-state index contributed by atoms with van der Waals surface area (Å²) in [6.07, 6.45) is 2.01. The molecule has 2 atom stereocenters. The molecule has 0 aliphatic carbocycles. The summed E-state index contributed by atoms with van der Waals surface area (Å²) in [5.41, 5.74) is 0.616. The third kappa shape index (κ3) is 4.98. The van der Waals surface area contributed by atoms with Gasteiger partial charge in [0.25, 0.3) is 0 Å². The van der Waals surface area contributed by atoms with Gasteiger partial charge in [-0.1, -0.05) is 6.07 Å². The van der Waals surface area contributed by atoms with Crippen molar-refractivity contribution in [1.29, 1.82) is 0 Å². The summed E-state index contributed by atoms with van der Waals surface area (Å²) in [7, 11) is 0. The number of carbonyl (C=O) groups is 1. The Kier molecular flexibility index (Phi) is 6.81. The molecule has 1 amide bonds. The van der Waals surface area contributed by atoms with Gasteiger partial charge in [-0.15, -0.1) is 12.4 Å². The second kappa shape index (κ2) is 8.87. The maximum atomic E-state index is 13.5. The molecule has 0 radical (unpaired) electrons. The van der Waals surface area contributed by atoms with Crippen LogP contribution in [0, 0.1) is 21.7 Å². The van der Waals surface area contributed by atoms with Crippen LogP contribution in [0.3, 0.4) is 0 Å². The van der Waals surface area contributed by atoms with E-state index >= 15 is 0 Å². The van der Waals surface area contributed by atoms with E-state index in [-0.39, 0.29) is 42.6 Å². The first-order chi connectivity index (χ1) is 12.4. The van der Waals surface area contributed by atoms with Crippen LogP contribution in [0.2, 0.25) is 0 Å². The number of aromatic nitrogens is 2. The number of halogens is 3. The molecule has 146 valence electrons. The second-order valence-electron chi connectivity index (χ2n) is 6.08. The standard InChI is InChI=1S/C16H17F2N5O3.ClH/c17-12-2-1-10(7-13(12)18)11-3-5-19-8-14(11)20-16(24)9-22-6-4-15(21-22)23(25)26;/h1-2,4,6-7,11,14,19H,3,5,8-9H2,(H,20,24);1H. The number of piperidine rings is 1. The number of rotatable bonds is 5. The molecule has 11 heteroatoms. The Morgan fingerprint density at radius 2 is 2.15 bits per heavy atom. The molecule has 2 heterocycles. The summed E-state index contributed by atoms with van der Waals surface area (Å²) in [5, 5.41) is 20.3. The number of hydrogen-bond donors (Lipinski definition) is 2. The first-order valence-electron chi connectivity index (χ1n) is 8.07. The number of benzene rings is 1. The molecule has 1 aromatic carbocycles. The third-order valence-electron chi connectivity index (χ3n) is 4.32. The van der Waals surface area contributed by atoms with E-state index in [1.807, 2.05) is 0 Å². The lowest BCUT2D eigenvalue weighted by molar-refractivity contribution is -0.389. The summed E-state index contributed by atoms with van der Waals surface area (Å²) in [6, 6.07) is 4.64. The van der Waals surface area contributed by atoms with Crippen molar-refractivity contribution in [3.8, 4) is 0 Å². The summed E-state index contributed by atoms with van der Waals surface area (Å²) in [6.45, 7) is 1.00. The Bertz CT molecular complexity index is 832. The van der Waals surface area contributed by atoms with E-state index in [1.165, 1.54) is 23.0 Å². The highest BCUT2D eigenvalue weighted by Crippen LogP contribution is 2.27. The summed E-state index contributed by atoms with van der Waals surface area (Å²) >= 11 is 0. The fraction of sp³-hybridized carbons (Fsp3) is 0.375. The number of nitrogens with one attached hydrogen (secondary N) is 2. The van der Waals surface area contributed by atoms with E-state index in [1.54, 1.807) is 0 Å². The predicted molar refractivity (Wildman–Crippen MR) is 94.6 cm³/mol. The van der Waals surface area contributed by atoms with Crippen LogP contribution < -0.4 is 10.6 Å². The average Bonchev–Trinajstić information content (AvgIpc) is 3.06. The Morgan fingerprint density at radius 3 is 2.81 bits per heavy atom. The average molecular weight is 402 g/mol. The fourth-order valence-electron chi connectivity index (χ4n) is 3.09. The van der Waals surface area contributed by atoms with Crippen LogP contribution >= 0.6 is 12.4 Å². The molecule has 2 aromatic rings. The topological polar surface area (TPSA) is 102 Å². The second-order valence-corrected chi connectivity index (χ2v) is 6.08. The van der Waals surface area contributed by atoms with Crippen LogP contribution in [0.1, 0.15) is 17.9 Å². The summed E-state index contributed by atoms with van der Waals surface area (Å²) in [5.74, 6) is -2.71. The van der Waals surface area contributed by atoms with Crippen molar-refractivity contribution in [3.63, 3.8) is 0 Å². The molecule has 0 saturated carbocycles. The maximum Gasteiger partial charge on any atom is 0.389 e. The van der Waals surface area contributed by atoms with Crippen molar-refractivity contribution < 1.29 is 18.5 Å². The Balaban J connectivity index is 0.00000261. The fourth-order valence-corrected chi connectivity index (χ4v) is 3.09. The summed E-state index contributed by atoms with van der Waals surface area (Å²) < 4.78 is 27.9. The Hall–Kier alpha value is -2.59. The monoisotopic (exact) mass is 401 g/mol. The predicted octanol–water partition coefficient (Wildman–Crippen LogP) is 1.75. The van der Waals surface area contributed by atoms with Crippen molar-refractivity contribution in [3.05, 3.63) is 57.8 Å². The molecule has 1 aliphatic rings. The lowest BCUT2D eigenvalue weighted by atomic mass is 9.86. The van der Waals surface area contributed by atoms with Crippen molar-refractivity contribution >= 4 is 24.1 Å². The minimum atomic E-state index is -0.921. The molecule has 1 aliphatic heterocycles. The van der Waals surface area contributed by atoms with Gasteiger partial charge in [0.1, 0.15) is 6.54 Å². The minimum Gasteiger partial charge on any atom is -0.358 e. The van der Waals surface area contributed by atoms with Gasteiger partial charge in [0.2, 0.25) is 5.91 Å². The van der Waals surface area contributed by atoms with E-state index in [0.717, 1.165) is 12.1 Å². The summed E-state index contributed by atoms with van der Waals surface area (Å²) in [4.78, 5) is 22.2. The number of nitro groups is 1. The van der Waals surface area contributed by atoms with E-state index in [0.29, 0.717) is 25.1 Å². The molecule has 1 fully saturated rings. The van der Waals surface area contributed by atoms with Crippen LogP contribution in [-0.4, -0.2) is 39.7 Å². The molecule has 1 aromatic heterocycles. The van der Waals surface area contributed by atoms with Crippen molar-refractivity contribution in [2.45, 2.75) is 24.9 Å². The Morgan fingerprint density at radius 1 is 1.37 bits per heavy atom. The molecule has 3 rings (SSSR count). The normalized spacial score (nSPS) is 19.2. The van der Waals surface area contributed by atoms with Crippen LogP contribution in [0.25, 0.3) is 0 Å². The highest BCUT2D eigenvalue weighted by molar-refractivity contribution is 5.85. The first kappa shape index (κ1) is 20.7. The van der Waals surface area contributed by atoms with Crippen molar-refractivity contribution in [1.82, 2.24) is 20.4 Å². The SMILES string of the molecule is Cl.O=C(Cn1ccc([N+](=O)[O-])n1)NC1CNCCC1c1ccc(F)c(F)c1. The molecular weight excluding hydrogens is 384 g/mol. The lowest BCUT2D eigenvalue weighted by Crippen LogP contribution is -2.50. The number of amides is 1. The molecule has 27 heavy (non-hydrogen) atoms. The number of carbonyl (C=O) groups excluding carboxylic acids is 1. The van der Waals surface area contributed by atoms with Gasteiger partial charge >= 0.3 is 5.82 Å². The van der Waals surface area contributed by atoms with Gasteiger partial charge in [0.05, 0.1) is 17.4 Å². The number of nitrogens with zero attached hydrogens (tertiary/aromatic N) is 3. The molecule has 2 unspecified atom stereocenters. The molecular formula is C16H18ClF2N5O3. The zero-order chi connectivity index (χ0) is 18.7. The van der Waals surface area contributed by atoms with Gasteiger partial charge in [-0.25, -0.2) is 8.78 Å². The molecule has 0 spiro atoms. The van der Waals surface area contributed by atoms with Gasteiger partial charge < -0.3 is 20.7 Å². The quantitative estimate of drug-likeness (QED) is 0.587. The maximum absolute atomic E-state index is 13.5. The zero-order valence-corrected chi connectivity index (χ0v) is 14.9. The molecule has 2 N–H and O–H groups in total. The lowest BCUT2D eigenvalue weighted by Gasteiger charge is -2.33. The van der Waals surface area contributed by atoms with Crippen LogP contribution in [0.5, 0.6) is 0 Å². The van der Waals surface area contributed by atoms with Gasteiger partial charge in [-0.05, 0) is 35.6 Å². The van der Waals surface area contributed by atoms with Crippen LogP contribution in [-0.2, 0) is 11.3 Å². The van der Waals surface area contributed by atoms with Crippen molar-refractivity contribution in [2.75, 3.05) is 13.1 Å². The van der Waals surface area contributed by atoms with E-state index in [4.69, 9.17) is 0 Å². The van der Waals surface area contributed by atoms with Gasteiger partial charge in [-0.2, -0.15) is 4.68 Å². The van der Waals surface area contributed by atoms with Gasteiger partial charge in [0.15, 0.2) is 11.6 Å². The van der Waals surface area contributed by atoms with Gasteiger partial charge in [-0.3, -0.25) is 4.79 Å². The molecule has 1 saturated heterocycles. The van der Waals surface area contributed by atoms with Gasteiger partial charge in [0, 0.05) is 18.5 Å². The largest absolute Gasteiger partial charge is 0.389 e. The van der Waals surface area contributed by atoms with Crippen molar-refractivity contribution in [2.24, 2.45) is 0 Å². The van der Waals surface area contributed by atoms with E-state index in [2.05, 4.69) is 15.7 Å². The molecule has 8 nitrogen and oxygen atoms in total. The van der Waals surface area contributed by atoms with E-state index in [9.17, 15) is 23.7 Å². The van der Waals surface area contributed by atoms with Crippen LogP contribution in [0.4, 0.5) is 14.6 Å². The highest BCUT2D eigenvalue weighted by atomic mass is 35.5.